The third kappa shape index (κ3) is 2.96. The van der Waals surface area contributed by atoms with Crippen LogP contribution in [0.25, 0.3) is 0 Å². The van der Waals surface area contributed by atoms with Crippen molar-refractivity contribution in [3.63, 3.8) is 0 Å². The van der Waals surface area contributed by atoms with Crippen molar-refractivity contribution in [3.8, 4) is 0 Å². The third-order valence-electron chi connectivity index (χ3n) is 3.26. The van der Waals surface area contributed by atoms with Gasteiger partial charge in [0.2, 0.25) is 0 Å². The molecule has 0 radical (unpaired) electrons. The molecule has 0 spiro atoms. The van der Waals surface area contributed by atoms with Crippen LogP contribution < -0.4 is 0 Å². The van der Waals surface area contributed by atoms with Crippen LogP contribution in [0, 0.1) is 0 Å². The molecule has 1 aliphatic rings. The third-order valence-corrected chi connectivity index (χ3v) is 3.26. The van der Waals surface area contributed by atoms with E-state index in [9.17, 15) is 0 Å². The topological polar surface area (TPSA) is 6.48 Å². The SMILES string of the molecule is CCCCN1C[C@@H](C)N(C)[C@@H](C)C1. The molecular weight excluding hydrogens is 160 g/mol. The minimum absolute atomic E-state index is 0.723. The summed E-state index contributed by atoms with van der Waals surface area (Å²) in [6, 6.07) is 1.45. The van der Waals surface area contributed by atoms with E-state index in [-0.39, 0.29) is 0 Å². The molecule has 0 bridgehead atoms. The van der Waals surface area contributed by atoms with Gasteiger partial charge < -0.3 is 4.90 Å². The van der Waals surface area contributed by atoms with Gasteiger partial charge in [0.1, 0.15) is 0 Å². The first-order valence-corrected chi connectivity index (χ1v) is 5.59. The highest BCUT2D eigenvalue weighted by Gasteiger charge is 2.25. The average Bonchev–Trinajstić information content (AvgIpc) is 2.10. The van der Waals surface area contributed by atoms with E-state index < -0.39 is 0 Å². The highest BCUT2D eigenvalue weighted by Crippen LogP contribution is 2.13. The highest BCUT2D eigenvalue weighted by molar-refractivity contribution is 4.82. The molecule has 1 rings (SSSR count). The van der Waals surface area contributed by atoms with E-state index in [2.05, 4.69) is 37.6 Å². The summed E-state index contributed by atoms with van der Waals surface area (Å²) in [5.74, 6) is 0. The maximum atomic E-state index is 2.61. The Hall–Kier alpha value is -0.0800. The molecule has 13 heavy (non-hydrogen) atoms. The van der Waals surface area contributed by atoms with Crippen LogP contribution in [-0.4, -0.2) is 48.6 Å². The predicted molar refractivity (Wildman–Crippen MR) is 58.0 cm³/mol. The molecule has 0 N–H and O–H groups in total. The van der Waals surface area contributed by atoms with Crippen molar-refractivity contribution in [2.24, 2.45) is 0 Å². The number of nitrogens with zero attached hydrogens (tertiary/aromatic N) is 2. The number of likely N-dealkylation sites (N-methyl/N-ethyl adjacent to an activating group) is 1. The lowest BCUT2D eigenvalue weighted by molar-refractivity contribution is 0.0594. The van der Waals surface area contributed by atoms with Gasteiger partial charge in [-0.25, -0.2) is 0 Å². The van der Waals surface area contributed by atoms with Crippen LogP contribution in [0.2, 0.25) is 0 Å². The van der Waals surface area contributed by atoms with Gasteiger partial charge in [0.15, 0.2) is 0 Å². The summed E-state index contributed by atoms with van der Waals surface area (Å²) in [7, 11) is 2.24. The van der Waals surface area contributed by atoms with E-state index in [1.807, 2.05) is 0 Å². The van der Waals surface area contributed by atoms with Gasteiger partial charge in [-0.05, 0) is 33.9 Å². The number of hydrogen-bond donors (Lipinski definition) is 0. The van der Waals surface area contributed by atoms with Crippen LogP contribution in [0.3, 0.4) is 0 Å². The Balaban J connectivity index is 2.35. The Morgan fingerprint density at radius 3 is 2.15 bits per heavy atom. The molecule has 1 heterocycles. The van der Waals surface area contributed by atoms with Crippen molar-refractivity contribution in [2.45, 2.75) is 45.7 Å². The predicted octanol–water partition coefficient (Wildman–Crippen LogP) is 1.81. The second-order valence-corrected chi connectivity index (χ2v) is 4.48. The van der Waals surface area contributed by atoms with Crippen molar-refractivity contribution in [2.75, 3.05) is 26.7 Å². The normalized spacial score (nSPS) is 32.3. The first kappa shape index (κ1) is 11.0. The van der Waals surface area contributed by atoms with Crippen molar-refractivity contribution in [3.05, 3.63) is 0 Å². The number of hydrogen-bond acceptors (Lipinski definition) is 2. The van der Waals surface area contributed by atoms with Crippen LogP contribution in [-0.2, 0) is 0 Å². The van der Waals surface area contributed by atoms with Gasteiger partial charge in [0.05, 0.1) is 0 Å². The zero-order valence-corrected chi connectivity index (χ0v) is 9.58. The van der Waals surface area contributed by atoms with E-state index in [0.717, 1.165) is 12.1 Å². The Bertz CT molecular complexity index is 135. The van der Waals surface area contributed by atoms with E-state index in [0.29, 0.717) is 0 Å². The van der Waals surface area contributed by atoms with E-state index in [1.54, 1.807) is 0 Å². The van der Waals surface area contributed by atoms with Crippen LogP contribution in [0.4, 0.5) is 0 Å². The van der Waals surface area contributed by atoms with E-state index in [4.69, 9.17) is 0 Å². The van der Waals surface area contributed by atoms with Gasteiger partial charge in [-0.1, -0.05) is 13.3 Å². The van der Waals surface area contributed by atoms with Gasteiger partial charge in [-0.15, -0.1) is 0 Å². The minimum Gasteiger partial charge on any atom is -0.300 e. The van der Waals surface area contributed by atoms with Gasteiger partial charge >= 0.3 is 0 Å². The molecule has 0 amide bonds. The molecule has 1 saturated heterocycles. The van der Waals surface area contributed by atoms with E-state index in [1.165, 1.54) is 32.5 Å². The van der Waals surface area contributed by atoms with Gasteiger partial charge in [-0.3, -0.25) is 4.90 Å². The van der Waals surface area contributed by atoms with Gasteiger partial charge in [0.25, 0.3) is 0 Å². The minimum atomic E-state index is 0.723. The molecule has 0 unspecified atom stereocenters. The molecule has 0 aliphatic carbocycles. The molecule has 78 valence electrons. The summed E-state index contributed by atoms with van der Waals surface area (Å²) in [5.41, 5.74) is 0. The van der Waals surface area contributed by atoms with Gasteiger partial charge in [0, 0.05) is 25.2 Å². The zero-order chi connectivity index (χ0) is 9.84. The molecule has 2 heteroatoms. The van der Waals surface area contributed by atoms with Gasteiger partial charge in [-0.2, -0.15) is 0 Å². The fraction of sp³-hybridized carbons (Fsp3) is 1.00. The number of unbranched alkanes of at least 4 members (excludes halogenated alkanes) is 1. The zero-order valence-electron chi connectivity index (χ0n) is 9.58. The Morgan fingerprint density at radius 1 is 1.15 bits per heavy atom. The Labute approximate surface area is 82.9 Å². The summed E-state index contributed by atoms with van der Waals surface area (Å²) in [5, 5.41) is 0. The van der Waals surface area contributed by atoms with Crippen molar-refractivity contribution >= 4 is 0 Å². The monoisotopic (exact) mass is 184 g/mol. The molecule has 0 aromatic heterocycles. The summed E-state index contributed by atoms with van der Waals surface area (Å²) in [4.78, 5) is 5.10. The molecule has 1 aliphatic heterocycles. The molecular formula is C11H24N2. The molecule has 0 saturated carbocycles. The number of piperazine rings is 1. The van der Waals surface area contributed by atoms with Crippen LogP contribution >= 0.6 is 0 Å². The fourth-order valence-electron chi connectivity index (χ4n) is 2.08. The van der Waals surface area contributed by atoms with E-state index >= 15 is 0 Å². The van der Waals surface area contributed by atoms with Crippen molar-refractivity contribution < 1.29 is 0 Å². The highest BCUT2D eigenvalue weighted by atomic mass is 15.3. The number of rotatable bonds is 3. The molecule has 2 atom stereocenters. The summed E-state index contributed by atoms with van der Waals surface area (Å²) in [6.45, 7) is 10.7. The standard InChI is InChI=1S/C11H24N2/c1-5-6-7-13-8-10(2)12(4)11(3)9-13/h10-11H,5-9H2,1-4H3/t10-,11+. The fourth-order valence-corrected chi connectivity index (χ4v) is 2.08. The molecule has 0 aromatic rings. The largest absolute Gasteiger partial charge is 0.300 e. The van der Waals surface area contributed by atoms with Crippen LogP contribution in [0.1, 0.15) is 33.6 Å². The van der Waals surface area contributed by atoms with Crippen molar-refractivity contribution in [1.29, 1.82) is 0 Å². The smallest absolute Gasteiger partial charge is 0.0195 e. The Morgan fingerprint density at radius 2 is 1.69 bits per heavy atom. The lowest BCUT2D eigenvalue weighted by Gasteiger charge is -2.42. The quantitative estimate of drug-likeness (QED) is 0.660. The summed E-state index contributed by atoms with van der Waals surface area (Å²) in [6.07, 6.45) is 2.66. The molecule has 2 nitrogen and oxygen atoms in total. The molecule has 0 aromatic carbocycles. The Kier molecular flexibility index (Phi) is 4.20. The van der Waals surface area contributed by atoms with Crippen molar-refractivity contribution in [1.82, 2.24) is 9.80 Å². The molecule has 1 fully saturated rings. The van der Waals surface area contributed by atoms with Crippen LogP contribution in [0.15, 0.2) is 0 Å². The maximum Gasteiger partial charge on any atom is 0.0195 e. The second kappa shape index (κ2) is 4.97. The lowest BCUT2D eigenvalue weighted by Crippen LogP contribution is -2.54. The summed E-state index contributed by atoms with van der Waals surface area (Å²) < 4.78 is 0. The first-order valence-electron chi connectivity index (χ1n) is 5.59. The van der Waals surface area contributed by atoms with Crippen LogP contribution in [0.5, 0.6) is 0 Å². The first-order chi connectivity index (χ1) is 6.15. The lowest BCUT2D eigenvalue weighted by atomic mass is 10.1. The maximum absolute atomic E-state index is 2.61. The summed E-state index contributed by atoms with van der Waals surface area (Å²) >= 11 is 0. The second-order valence-electron chi connectivity index (χ2n) is 4.48. The average molecular weight is 184 g/mol.